The second-order valence-corrected chi connectivity index (χ2v) is 6.95. The van der Waals surface area contributed by atoms with Crippen molar-refractivity contribution in [2.45, 2.75) is 19.9 Å². The van der Waals surface area contributed by atoms with Crippen molar-refractivity contribution in [1.29, 1.82) is 0 Å². The molecular weight excluding hydrogens is 278 g/mol. The topological polar surface area (TPSA) is 89.8 Å². The van der Waals surface area contributed by atoms with Gasteiger partial charge in [-0.25, -0.2) is 13.1 Å². The van der Waals surface area contributed by atoms with Gasteiger partial charge in [0.05, 0.1) is 11.4 Å². The summed E-state index contributed by atoms with van der Waals surface area (Å²) >= 11 is 0. The van der Waals surface area contributed by atoms with Gasteiger partial charge in [0.1, 0.15) is 6.33 Å². The van der Waals surface area contributed by atoms with E-state index in [2.05, 4.69) is 20.8 Å². The van der Waals surface area contributed by atoms with Gasteiger partial charge in [0, 0.05) is 17.5 Å². The number of hydrogen-bond acceptors (Lipinski definition) is 6. The van der Waals surface area contributed by atoms with Crippen LogP contribution in [0.25, 0.3) is 5.69 Å². The molecule has 1 N–H and O–H groups in total. The molecule has 108 valence electrons. The number of hydrogen-bond donors (Lipinski definition) is 1. The summed E-state index contributed by atoms with van der Waals surface area (Å²) in [5.74, 6) is 0.266. The smallest absolute Gasteiger partial charge is 0.152 e. The number of tetrazole rings is 1. The Bertz CT molecular complexity index is 654. The minimum atomic E-state index is -2.99. The van der Waals surface area contributed by atoms with Crippen molar-refractivity contribution >= 4 is 15.5 Å². The van der Waals surface area contributed by atoms with Gasteiger partial charge in [0.25, 0.3) is 0 Å². The maximum Gasteiger partial charge on any atom is 0.152 e. The van der Waals surface area contributed by atoms with Crippen LogP contribution in [0, 0.1) is 0 Å². The molecule has 0 aliphatic carbocycles. The first-order valence-electron chi connectivity index (χ1n) is 6.30. The van der Waals surface area contributed by atoms with Gasteiger partial charge in [0.2, 0.25) is 0 Å². The van der Waals surface area contributed by atoms with Crippen molar-refractivity contribution in [2.24, 2.45) is 0 Å². The molecule has 1 aromatic carbocycles. The van der Waals surface area contributed by atoms with Gasteiger partial charge in [0.15, 0.2) is 9.84 Å². The molecule has 0 amide bonds. The van der Waals surface area contributed by atoms with E-state index in [4.69, 9.17) is 0 Å². The van der Waals surface area contributed by atoms with Crippen LogP contribution in [0.4, 0.5) is 5.69 Å². The lowest BCUT2D eigenvalue weighted by atomic mass is 10.2. The highest BCUT2D eigenvalue weighted by Crippen LogP contribution is 2.14. The van der Waals surface area contributed by atoms with E-state index in [1.54, 1.807) is 11.6 Å². The Hall–Kier alpha value is -1.96. The second kappa shape index (κ2) is 6.00. The van der Waals surface area contributed by atoms with Crippen molar-refractivity contribution in [3.63, 3.8) is 0 Å². The first-order valence-corrected chi connectivity index (χ1v) is 8.12. The molecule has 1 aromatic heterocycles. The molecule has 0 aliphatic heterocycles. The largest absolute Gasteiger partial charge is 0.382 e. The third kappa shape index (κ3) is 3.77. The van der Waals surface area contributed by atoms with Crippen LogP contribution in [0.2, 0.25) is 0 Å². The zero-order chi connectivity index (χ0) is 14.6. The van der Waals surface area contributed by atoms with Crippen LogP contribution >= 0.6 is 0 Å². The molecule has 0 radical (unpaired) electrons. The Morgan fingerprint density at radius 2 is 2.20 bits per heavy atom. The molecule has 0 spiro atoms. The monoisotopic (exact) mass is 295 g/mol. The Balaban J connectivity index is 2.09. The highest BCUT2D eigenvalue weighted by molar-refractivity contribution is 7.91. The lowest BCUT2D eigenvalue weighted by Crippen LogP contribution is -2.26. The van der Waals surface area contributed by atoms with Gasteiger partial charge in [-0.05, 0) is 35.5 Å². The Morgan fingerprint density at radius 1 is 1.40 bits per heavy atom. The molecule has 7 nitrogen and oxygen atoms in total. The molecule has 0 aliphatic rings. The fraction of sp³-hybridized carbons (Fsp3) is 0.417. The molecule has 2 rings (SSSR count). The summed E-state index contributed by atoms with van der Waals surface area (Å²) in [7, 11) is -2.99. The summed E-state index contributed by atoms with van der Waals surface area (Å²) in [6.07, 6.45) is 1.50. The summed E-state index contributed by atoms with van der Waals surface area (Å²) in [5.41, 5.74) is 1.64. The molecule has 1 atom stereocenters. The van der Waals surface area contributed by atoms with Crippen molar-refractivity contribution in [3.8, 4) is 5.69 Å². The van der Waals surface area contributed by atoms with Gasteiger partial charge in [-0.1, -0.05) is 13.0 Å². The van der Waals surface area contributed by atoms with Gasteiger partial charge in [-0.2, -0.15) is 0 Å². The van der Waals surface area contributed by atoms with Crippen LogP contribution in [-0.4, -0.2) is 46.2 Å². The molecule has 0 bridgehead atoms. The SMILES string of the molecule is CCS(=O)(=O)CC(C)Nc1cccc(-n2cnnn2)c1. The first kappa shape index (κ1) is 14.4. The molecule has 1 unspecified atom stereocenters. The Labute approximate surface area is 117 Å². The quantitative estimate of drug-likeness (QED) is 0.851. The van der Waals surface area contributed by atoms with Crippen LogP contribution in [0.1, 0.15) is 13.8 Å². The molecule has 8 heteroatoms. The van der Waals surface area contributed by atoms with Crippen molar-refractivity contribution in [2.75, 3.05) is 16.8 Å². The minimum absolute atomic E-state index is 0.110. The van der Waals surface area contributed by atoms with Gasteiger partial charge >= 0.3 is 0 Å². The Kier molecular flexibility index (Phi) is 4.33. The summed E-state index contributed by atoms with van der Waals surface area (Å²) in [5, 5.41) is 14.1. The Morgan fingerprint density at radius 3 is 2.85 bits per heavy atom. The van der Waals surface area contributed by atoms with Crippen molar-refractivity contribution in [3.05, 3.63) is 30.6 Å². The average molecular weight is 295 g/mol. The summed E-state index contributed by atoms with van der Waals surface area (Å²) in [6, 6.07) is 7.31. The number of rotatable bonds is 6. The van der Waals surface area contributed by atoms with E-state index in [0.717, 1.165) is 11.4 Å². The van der Waals surface area contributed by atoms with E-state index in [1.807, 2.05) is 31.2 Å². The van der Waals surface area contributed by atoms with Crippen LogP contribution in [0.15, 0.2) is 30.6 Å². The minimum Gasteiger partial charge on any atom is -0.382 e. The van der Waals surface area contributed by atoms with Crippen molar-refractivity contribution in [1.82, 2.24) is 20.2 Å². The third-order valence-electron chi connectivity index (χ3n) is 2.82. The first-order chi connectivity index (χ1) is 9.50. The van der Waals surface area contributed by atoms with E-state index < -0.39 is 9.84 Å². The molecule has 1 heterocycles. The molecular formula is C12H17N5O2S. The standard InChI is InChI=1S/C12H17N5O2S/c1-3-20(18,19)8-10(2)14-11-5-4-6-12(7-11)17-9-13-15-16-17/h4-7,9-10,14H,3,8H2,1-2H3. The molecule has 0 saturated heterocycles. The fourth-order valence-corrected chi connectivity index (χ4v) is 2.92. The molecule has 0 saturated carbocycles. The number of aromatic nitrogens is 4. The van der Waals surface area contributed by atoms with Crippen LogP contribution in [0.5, 0.6) is 0 Å². The summed E-state index contributed by atoms with van der Waals surface area (Å²) in [4.78, 5) is 0. The van der Waals surface area contributed by atoms with Crippen LogP contribution < -0.4 is 5.32 Å². The number of sulfone groups is 1. The van der Waals surface area contributed by atoms with E-state index in [0.29, 0.717) is 0 Å². The molecule has 2 aromatic rings. The van der Waals surface area contributed by atoms with Crippen LogP contribution in [-0.2, 0) is 9.84 Å². The zero-order valence-electron chi connectivity index (χ0n) is 11.4. The number of benzene rings is 1. The third-order valence-corrected chi connectivity index (χ3v) is 4.70. The maximum atomic E-state index is 11.6. The van der Waals surface area contributed by atoms with E-state index >= 15 is 0 Å². The van der Waals surface area contributed by atoms with Crippen molar-refractivity contribution < 1.29 is 8.42 Å². The van der Waals surface area contributed by atoms with E-state index in [1.165, 1.54) is 6.33 Å². The normalized spacial score (nSPS) is 13.1. The van der Waals surface area contributed by atoms with Crippen LogP contribution in [0.3, 0.4) is 0 Å². The highest BCUT2D eigenvalue weighted by atomic mass is 32.2. The fourth-order valence-electron chi connectivity index (χ4n) is 1.84. The maximum absolute atomic E-state index is 11.6. The summed E-state index contributed by atoms with van der Waals surface area (Å²) in [6.45, 7) is 3.50. The lowest BCUT2D eigenvalue weighted by molar-refractivity contribution is 0.593. The van der Waals surface area contributed by atoms with Gasteiger partial charge in [-0.15, -0.1) is 5.10 Å². The number of nitrogens with zero attached hydrogens (tertiary/aromatic N) is 4. The second-order valence-electron chi connectivity index (χ2n) is 4.55. The zero-order valence-corrected chi connectivity index (χ0v) is 12.2. The van der Waals surface area contributed by atoms with Gasteiger partial charge in [-0.3, -0.25) is 0 Å². The highest BCUT2D eigenvalue weighted by Gasteiger charge is 2.13. The summed E-state index contributed by atoms with van der Waals surface area (Å²) < 4.78 is 24.7. The number of nitrogens with one attached hydrogen (secondary N) is 1. The number of anilines is 1. The average Bonchev–Trinajstić information content (AvgIpc) is 2.92. The lowest BCUT2D eigenvalue weighted by Gasteiger charge is -2.15. The van der Waals surface area contributed by atoms with Gasteiger partial charge < -0.3 is 5.32 Å². The predicted octanol–water partition coefficient (Wildman–Crippen LogP) is 0.897. The molecule has 20 heavy (non-hydrogen) atoms. The van der Waals surface area contributed by atoms with E-state index in [-0.39, 0.29) is 17.5 Å². The molecule has 0 fully saturated rings. The van der Waals surface area contributed by atoms with E-state index in [9.17, 15) is 8.42 Å². The predicted molar refractivity (Wildman–Crippen MR) is 76.6 cm³/mol.